The van der Waals surface area contributed by atoms with Gasteiger partial charge in [-0.05, 0) is 49.9 Å². The SMILES string of the molecule is CSCC(C)CNC(C)c1oc2ccccc2c1C. The van der Waals surface area contributed by atoms with Gasteiger partial charge in [0.25, 0.3) is 0 Å². The van der Waals surface area contributed by atoms with Gasteiger partial charge in [0.05, 0.1) is 6.04 Å². The zero-order valence-corrected chi connectivity index (χ0v) is 13.0. The van der Waals surface area contributed by atoms with Crippen molar-refractivity contribution in [1.82, 2.24) is 5.32 Å². The lowest BCUT2D eigenvalue weighted by molar-refractivity contribution is 0.426. The zero-order chi connectivity index (χ0) is 13.8. The first-order valence-corrected chi connectivity index (χ1v) is 8.23. The van der Waals surface area contributed by atoms with Crippen LogP contribution in [0.5, 0.6) is 0 Å². The number of thioether (sulfide) groups is 1. The standard InChI is InChI=1S/C16H23NOS/c1-11(10-19-4)9-17-13(3)16-12(2)14-7-5-6-8-15(14)18-16/h5-8,11,13,17H,9-10H2,1-4H3. The Morgan fingerprint density at radius 1 is 1.26 bits per heavy atom. The van der Waals surface area contributed by atoms with Gasteiger partial charge in [-0.1, -0.05) is 25.1 Å². The zero-order valence-electron chi connectivity index (χ0n) is 12.2. The van der Waals surface area contributed by atoms with E-state index in [-0.39, 0.29) is 6.04 Å². The van der Waals surface area contributed by atoms with Crippen LogP contribution in [-0.2, 0) is 0 Å². The first kappa shape index (κ1) is 14.5. The summed E-state index contributed by atoms with van der Waals surface area (Å²) in [6.07, 6.45) is 2.16. The van der Waals surface area contributed by atoms with Crippen LogP contribution in [0.4, 0.5) is 0 Å². The van der Waals surface area contributed by atoms with Gasteiger partial charge in [-0.3, -0.25) is 0 Å². The molecular weight excluding hydrogens is 254 g/mol. The third kappa shape index (κ3) is 3.34. The van der Waals surface area contributed by atoms with E-state index in [4.69, 9.17) is 4.42 Å². The molecule has 2 nitrogen and oxygen atoms in total. The Hall–Kier alpha value is -0.930. The van der Waals surface area contributed by atoms with E-state index in [1.165, 1.54) is 16.7 Å². The fourth-order valence-corrected chi connectivity index (χ4v) is 3.11. The van der Waals surface area contributed by atoms with E-state index in [2.05, 4.69) is 44.5 Å². The molecule has 2 rings (SSSR count). The lowest BCUT2D eigenvalue weighted by Gasteiger charge is -2.16. The molecule has 0 aliphatic heterocycles. The van der Waals surface area contributed by atoms with Crippen LogP contribution < -0.4 is 5.32 Å². The topological polar surface area (TPSA) is 25.2 Å². The summed E-state index contributed by atoms with van der Waals surface area (Å²) < 4.78 is 5.99. The van der Waals surface area contributed by atoms with Crippen LogP contribution in [0, 0.1) is 12.8 Å². The minimum absolute atomic E-state index is 0.261. The monoisotopic (exact) mass is 277 g/mol. The summed E-state index contributed by atoms with van der Waals surface area (Å²) in [5.74, 6) is 2.94. The van der Waals surface area contributed by atoms with E-state index in [9.17, 15) is 0 Å². The van der Waals surface area contributed by atoms with E-state index < -0.39 is 0 Å². The van der Waals surface area contributed by atoms with Crippen LogP contribution in [0.2, 0.25) is 0 Å². The largest absolute Gasteiger partial charge is 0.459 e. The van der Waals surface area contributed by atoms with Crippen molar-refractivity contribution in [3.05, 3.63) is 35.6 Å². The Labute approximate surface area is 119 Å². The number of hydrogen-bond acceptors (Lipinski definition) is 3. The van der Waals surface area contributed by atoms with Crippen LogP contribution in [-0.4, -0.2) is 18.6 Å². The second-order valence-corrected chi connectivity index (χ2v) is 6.19. The van der Waals surface area contributed by atoms with E-state index in [1.807, 2.05) is 23.9 Å². The highest BCUT2D eigenvalue weighted by Crippen LogP contribution is 2.29. The van der Waals surface area contributed by atoms with Gasteiger partial charge < -0.3 is 9.73 Å². The van der Waals surface area contributed by atoms with Crippen LogP contribution in [0.25, 0.3) is 11.0 Å². The Morgan fingerprint density at radius 2 is 2.00 bits per heavy atom. The Balaban J connectivity index is 2.09. The molecule has 0 saturated heterocycles. The molecule has 0 radical (unpaired) electrons. The molecule has 1 N–H and O–H groups in total. The van der Waals surface area contributed by atoms with Gasteiger partial charge in [-0.25, -0.2) is 0 Å². The molecule has 19 heavy (non-hydrogen) atoms. The minimum Gasteiger partial charge on any atom is -0.459 e. The van der Waals surface area contributed by atoms with Crippen molar-refractivity contribution in [2.75, 3.05) is 18.6 Å². The number of aryl methyl sites for hydroxylation is 1. The predicted octanol–water partition coefficient (Wildman–Crippen LogP) is 4.39. The van der Waals surface area contributed by atoms with Crippen molar-refractivity contribution in [1.29, 1.82) is 0 Å². The highest BCUT2D eigenvalue weighted by molar-refractivity contribution is 7.98. The Bertz CT molecular complexity index is 535. The fraction of sp³-hybridized carbons (Fsp3) is 0.500. The molecule has 0 bridgehead atoms. The summed E-state index contributed by atoms with van der Waals surface area (Å²) in [5.41, 5.74) is 2.24. The maximum atomic E-state index is 5.99. The van der Waals surface area contributed by atoms with E-state index in [0.29, 0.717) is 5.92 Å². The number of para-hydroxylation sites is 1. The molecule has 1 aromatic heterocycles. The maximum Gasteiger partial charge on any atom is 0.134 e. The van der Waals surface area contributed by atoms with Gasteiger partial charge >= 0.3 is 0 Å². The number of rotatable bonds is 6. The minimum atomic E-state index is 0.261. The predicted molar refractivity (Wildman–Crippen MR) is 84.9 cm³/mol. The van der Waals surface area contributed by atoms with Crippen molar-refractivity contribution in [2.45, 2.75) is 26.8 Å². The van der Waals surface area contributed by atoms with Crippen LogP contribution in [0.3, 0.4) is 0 Å². The molecule has 2 atom stereocenters. The molecular formula is C16H23NOS. The quantitative estimate of drug-likeness (QED) is 0.847. The van der Waals surface area contributed by atoms with Gasteiger partial charge in [0.15, 0.2) is 0 Å². The van der Waals surface area contributed by atoms with Crippen LogP contribution in [0.15, 0.2) is 28.7 Å². The summed E-state index contributed by atoms with van der Waals surface area (Å²) in [6.45, 7) is 7.63. The number of nitrogens with one attached hydrogen (secondary N) is 1. The molecule has 3 heteroatoms. The highest BCUT2D eigenvalue weighted by atomic mass is 32.2. The van der Waals surface area contributed by atoms with Gasteiger partial charge in [-0.15, -0.1) is 0 Å². The molecule has 2 aromatic rings. The molecule has 1 heterocycles. The Morgan fingerprint density at radius 3 is 2.68 bits per heavy atom. The van der Waals surface area contributed by atoms with Gasteiger partial charge in [-0.2, -0.15) is 11.8 Å². The summed E-state index contributed by atoms with van der Waals surface area (Å²) >= 11 is 1.90. The second kappa shape index (κ2) is 6.49. The highest BCUT2D eigenvalue weighted by Gasteiger charge is 2.16. The van der Waals surface area contributed by atoms with E-state index >= 15 is 0 Å². The first-order chi connectivity index (χ1) is 9.13. The van der Waals surface area contributed by atoms with Gasteiger partial charge in [0.1, 0.15) is 11.3 Å². The molecule has 0 spiro atoms. The summed E-state index contributed by atoms with van der Waals surface area (Å²) in [4.78, 5) is 0. The van der Waals surface area contributed by atoms with Crippen molar-refractivity contribution in [3.63, 3.8) is 0 Å². The third-order valence-corrected chi connectivity index (χ3v) is 4.40. The Kier molecular flexibility index (Phi) is 4.94. The van der Waals surface area contributed by atoms with Crippen molar-refractivity contribution >= 4 is 22.7 Å². The second-order valence-electron chi connectivity index (χ2n) is 5.28. The summed E-state index contributed by atoms with van der Waals surface area (Å²) in [5, 5.41) is 4.80. The lowest BCUT2D eigenvalue weighted by Crippen LogP contribution is -2.25. The first-order valence-electron chi connectivity index (χ1n) is 6.83. The number of hydrogen-bond donors (Lipinski definition) is 1. The summed E-state index contributed by atoms with van der Waals surface area (Å²) in [7, 11) is 0. The number of benzene rings is 1. The fourth-order valence-electron chi connectivity index (χ4n) is 2.42. The van der Waals surface area contributed by atoms with E-state index in [1.54, 1.807) is 0 Å². The molecule has 2 unspecified atom stereocenters. The normalized spacial score (nSPS) is 14.7. The van der Waals surface area contributed by atoms with Crippen molar-refractivity contribution < 1.29 is 4.42 Å². The van der Waals surface area contributed by atoms with Gasteiger partial charge in [0.2, 0.25) is 0 Å². The van der Waals surface area contributed by atoms with Gasteiger partial charge in [0, 0.05) is 5.39 Å². The lowest BCUT2D eigenvalue weighted by atomic mass is 10.1. The van der Waals surface area contributed by atoms with Crippen LogP contribution >= 0.6 is 11.8 Å². The molecule has 0 aliphatic rings. The molecule has 0 amide bonds. The molecule has 0 saturated carbocycles. The maximum absolute atomic E-state index is 5.99. The van der Waals surface area contributed by atoms with Crippen molar-refractivity contribution in [3.8, 4) is 0 Å². The van der Waals surface area contributed by atoms with Crippen molar-refractivity contribution in [2.24, 2.45) is 5.92 Å². The molecule has 1 aromatic carbocycles. The number of furan rings is 1. The smallest absolute Gasteiger partial charge is 0.134 e. The van der Waals surface area contributed by atoms with Crippen LogP contribution in [0.1, 0.15) is 31.2 Å². The average molecular weight is 277 g/mol. The van der Waals surface area contributed by atoms with E-state index in [0.717, 1.165) is 17.9 Å². The molecule has 0 aliphatic carbocycles. The summed E-state index contributed by atoms with van der Waals surface area (Å²) in [6, 6.07) is 8.51. The molecule has 0 fully saturated rings. The average Bonchev–Trinajstić information content (AvgIpc) is 2.74. The molecule has 104 valence electrons. The third-order valence-electron chi connectivity index (χ3n) is 3.50. The number of fused-ring (bicyclic) bond motifs is 1.